The van der Waals surface area contributed by atoms with E-state index >= 15 is 0 Å². The zero-order valence-electron chi connectivity index (χ0n) is 12.7. The summed E-state index contributed by atoms with van der Waals surface area (Å²) in [5.74, 6) is -0.776. The lowest BCUT2D eigenvalue weighted by molar-refractivity contribution is -0.385. The average Bonchev–Trinajstić information content (AvgIpc) is 2.36. The Labute approximate surface area is 124 Å². The number of aliphatic carboxylic acids is 1. The van der Waals surface area contributed by atoms with Crippen LogP contribution >= 0.6 is 0 Å². The van der Waals surface area contributed by atoms with Gasteiger partial charge in [-0.1, -0.05) is 13.8 Å². The molecule has 0 aliphatic rings. The first-order valence-electron chi connectivity index (χ1n) is 6.92. The van der Waals surface area contributed by atoms with Crippen molar-refractivity contribution in [2.45, 2.75) is 40.0 Å². The van der Waals surface area contributed by atoms with E-state index in [1.54, 1.807) is 19.1 Å². The molecule has 6 heteroatoms. The number of rotatable bonds is 8. The zero-order valence-corrected chi connectivity index (χ0v) is 12.7. The molecule has 116 valence electrons. The Hall–Kier alpha value is -2.11. The van der Waals surface area contributed by atoms with Crippen molar-refractivity contribution in [3.05, 3.63) is 33.9 Å². The SMILES string of the molecule is Cc1cc(NCCC(C)(C)CCC(=O)O)ccc1[N+](=O)[O-]. The number of carboxylic acid groups (broad SMARTS) is 1. The highest BCUT2D eigenvalue weighted by Crippen LogP contribution is 2.27. The number of anilines is 1. The number of carbonyl (C=O) groups is 1. The number of hydrogen-bond donors (Lipinski definition) is 2. The maximum atomic E-state index is 10.7. The number of nitrogens with one attached hydrogen (secondary N) is 1. The number of nitro benzene ring substituents is 1. The van der Waals surface area contributed by atoms with E-state index in [0.29, 0.717) is 18.5 Å². The van der Waals surface area contributed by atoms with Crippen LogP contribution < -0.4 is 5.32 Å². The molecule has 0 spiro atoms. The van der Waals surface area contributed by atoms with Crippen LogP contribution in [-0.4, -0.2) is 22.5 Å². The summed E-state index contributed by atoms with van der Waals surface area (Å²) in [5.41, 5.74) is 1.52. The van der Waals surface area contributed by atoms with Crippen molar-refractivity contribution in [1.82, 2.24) is 0 Å². The molecule has 0 bridgehead atoms. The Morgan fingerprint density at radius 1 is 1.38 bits per heavy atom. The molecule has 1 aromatic carbocycles. The molecule has 21 heavy (non-hydrogen) atoms. The van der Waals surface area contributed by atoms with Crippen LogP contribution in [0.4, 0.5) is 11.4 Å². The summed E-state index contributed by atoms with van der Waals surface area (Å²) in [7, 11) is 0. The Morgan fingerprint density at radius 3 is 2.57 bits per heavy atom. The molecule has 1 rings (SSSR count). The smallest absolute Gasteiger partial charge is 0.303 e. The van der Waals surface area contributed by atoms with E-state index in [1.165, 1.54) is 6.07 Å². The number of hydrogen-bond acceptors (Lipinski definition) is 4. The molecule has 1 aromatic rings. The Bertz CT molecular complexity index is 526. The van der Waals surface area contributed by atoms with Crippen molar-refractivity contribution >= 4 is 17.3 Å². The number of benzene rings is 1. The molecule has 0 radical (unpaired) electrons. The first kappa shape index (κ1) is 16.9. The third kappa shape index (κ3) is 5.81. The molecule has 0 saturated heterocycles. The molecule has 0 saturated carbocycles. The fourth-order valence-electron chi connectivity index (χ4n) is 2.09. The molecular weight excluding hydrogens is 272 g/mol. The van der Waals surface area contributed by atoms with Gasteiger partial charge in [0.25, 0.3) is 5.69 Å². The standard InChI is InChI=1S/C15H22N2O4/c1-11-10-12(4-5-13(11)17(20)21)16-9-8-15(2,3)7-6-14(18)19/h4-5,10,16H,6-9H2,1-3H3,(H,18,19). The molecule has 0 unspecified atom stereocenters. The molecule has 0 aliphatic heterocycles. The maximum Gasteiger partial charge on any atom is 0.303 e. The number of carboxylic acids is 1. The highest BCUT2D eigenvalue weighted by molar-refractivity contribution is 5.66. The summed E-state index contributed by atoms with van der Waals surface area (Å²) in [5, 5.41) is 22.7. The van der Waals surface area contributed by atoms with Gasteiger partial charge in [0.15, 0.2) is 0 Å². The molecule has 0 heterocycles. The van der Waals surface area contributed by atoms with Crippen molar-refractivity contribution in [2.75, 3.05) is 11.9 Å². The molecule has 0 atom stereocenters. The molecule has 0 fully saturated rings. The van der Waals surface area contributed by atoms with Crippen molar-refractivity contribution in [3.63, 3.8) is 0 Å². The van der Waals surface area contributed by atoms with Gasteiger partial charge in [-0.25, -0.2) is 0 Å². The van der Waals surface area contributed by atoms with Crippen LogP contribution in [0, 0.1) is 22.5 Å². The predicted molar refractivity (Wildman–Crippen MR) is 81.6 cm³/mol. The van der Waals surface area contributed by atoms with E-state index in [0.717, 1.165) is 12.1 Å². The molecule has 0 amide bonds. The van der Waals surface area contributed by atoms with Gasteiger partial charge < -0.3 is 10.4 Å². The first-order chi connectivity index (χ1) is 9.71. The van der Waals surface area contributed by atoms with E-state index in [1.807, 2.05) is 13.8 Å². The van der Waals surface area contributed by atoms with Gasteiger partial charge >= 0.3 is 5.97 Å². The minimum absolute atomic E-state index is 0.0544. The van der Waals surface area contributed by atoms with Gasteiger partial charge in [0.1, 0.15) is 0 Å². The summed E-state index contributed by atoms with van der Waals surface area (Å²) < 4.78 is 0. The molecule has 0 aliphatic carbocycles. The van der Waals surface area contributed by atoms with Gasteiger partial charge in [0, 0.05) is 30.3 Å². The van der Waals surface area contributed by atoms with Crippen LogP contribution in [0.3, 0.4) is 0 Å². The van der Waals surface area contributed by atoms with Crippen LogP contribution in [-0.2, 0) is 4.79 Å². The van der Waals surface area contributed by atoms with Gasteiger partial charge in [0.2, 0.25) is 0 Å². The van der Waals surface area contributed by atoms with E-state index in [4.69, 9.17) is 5.11 Å². The van der Waals surface area contributed by atoms with E-state index in [2.05, 4.69) is 5.32 Å². The summed E-state index contributed by atoms with van der Waals surface area (Å²) >= 11 is 0. The van der Waals surface area contributed by atoms with Crippen LogP contribution in [0.25, 0.3) is 0 Å². The third-order valence-electron chi connectivity index (χ3n) is 3.54. The van der Waals surface area contributed by atoms with Gasteiger partial charge in [-0.3, -0.25) is 14.9 Å². The molecule has 2 N–H and O–H groups in total. The monoisotopic (exact) mass is 294 g/mol. The van der Waals surface area contributed by atoms with Crippen molar-refractivity contribution in [2.24, 2.45) is 5.41 Å². The highest BCUT2D eigenvalue weighted by Gasteiger charge is 2.19. The highest BCUT2D eigenvalue weighted by atomic mass is 16.6. The predicted octanol–water partition coefficient (Wildman–Crippen LogP) is 3.60. The van der Waals surface area contributed by atoms with E-state index < -0.39 is 10.9 Å². The Kier molecular flexibility index (Phi) is 5.69. The number of nitro groups is 1. The molecule has 6 nitrogen and oxygen atoms in total. The lowest BCUT2D eigenvalue weighted by Crippen LogP contribution is -2.18. The number of aryl methyl sites for hydroxylation is 1. The lowest BCUT2D eigenvalue weighted by Gasteiger charge is -2.24. The second-order valence-electron chi connectivity index (χ2n) is 5.99. The summed E-state index contributed by atoms with van der Waals surface area (Å²) in [6.07, 6.45) is 1.63. The summed E-state index contributed by atoms with van der Waals surface area (Å²) in [6, 6.07) is 4.94. The van der Waals surface area contributed by atoms with Crippen LogP contribution in [0.5, 0.6) is 0 Å². The minimum Gasteiger partial charge on any atom is -0.481 e. The quantitative estimate of drug-likeness (QED) is 0.564. The average molecular weight is 294 g/mol. The Balaban J connectivity index is 2.50. The van der Waals surface area contributed by atoms with Crippen molar-refractivity contribution in [1.29, 1.82) is 0 Å². The minimum atomic E-state index is -0.776. The Morgan fingerprint density at radius 2 is 2.05 bits per heavy atom. The zero-order chi connectivity index (χ0) is 16.0. The lowest BCUT2D eigenvalue weighted by atomic mass is 9.84. The van der Waals surface area contributed by atoms with Gasteiger partial charge in [-0.05, 0) is 37.3 Å². The third-order valence-corrected chi connectivity index (χ3v) is 3.54. The van der Waals surface area contributed by atoms with Crippen molar-refractivity contribution < 1.29 is 14.8 Å². The topological polar surface area (TPSA) is 92.5 Å². The largest absolute Gasteiger partial charge is 0.481 e. The van der Waals surface area contributed by atoms with Gasteiger partial charge in [-0.2, -0.15) is 0 Å². The summed E-state index contributed by atoms with van der Waals surface area (Å²) in [4.78, 5) is 20.9. The van der Waals surface area contributed by atoms with E-state index in [-0.39, 0.29) is 17.5 Å². The van der Waals surface area contributed by atoms with E-state index in [9.17, 15) is 14.9 Å². The van der Waals surface area contributed by atoms with Crippen molar-refractivity contribution in [3.8, 4) is 0 Å². The normalized spacial score (nSPS) is 11.2. The summed E-state index contributed by atoms with van der Waals surface area (Å²) in [6.45, 7) is 6.49. The fourth-order valence-corrected chi connectivity index (χ4v) is 2.09. The van der Waals surface area contributed by atoms with Crippen LogP contribution in [0.1, 0.15) is 38.7 Å². The van der Waals surface area contributed by atoms with Crippen LogP contribution in [0.2, 0.25) is 0 Å². The second kappa shape index (κ2) is 7.06. The van der Waals surface area contributed by atoms with Gasteiger partial charge in [0.05, 0.1) is 4.92 Å². The fraction of sp³-hybridized carbons (Fsp3) is 0.533. The molecule has 0 aromatic heterocycles. The maximum absolute atomic E-state index is 10.7. The number of nitrogens with zero attached hydrogens (tertiary/aromatic N) is 1. The molecular formula is C15H22N2O4. The van der Waals surface area contributed by atoms with Crippen LogP contribution in [0.15, 0.2) is 18.2 Å². The van der Waals surface area contributed by atoms with Gasteiger partial charge in [-0.15, -0.1) is 0 Å². The second-order valence-corrected chi connectivity index (χ2v) is 5.99. The first-order valence-corrected chi connectivity index (χ1v) is 6.92.